The van der Waals surface area contributed by atoms with Gasteiger partial charge in [0.05, 0.1) is 6.54 Å². The summed E-state index contributed by atoms with van der Waals surface area (Å²) in [5.41, 5.74) is 4.29. The number of amides is 1. The fourth-order valence-corrected chi connectivity index (χ4v) is 5.01. The summed E-state index contributed by atoms with van der Waals surface area (Å²) < 4.78 is 5.94. The van der Waals surface area contributed by atoms with Crippen molar-refractivity contribution < 1.29 is 9.21 Å². The molecule has 0 unspecified atom stereocenters. The zero-order valence-electron chi connectivity index (χ0n) is 18.0. The summed E-state index contributed by atoms with van der Waals surface area (Å²) in [6, 6.07) is 8.95. The molecule has 0 N–H and O–H groups in total. The Bertz CT molecular complexity index is 1020. The lowest BCUT2D eigenvalue weighted by atomic mass is 10.2. The van der Waals surface area contributed by atoms with E-state index < -0.39 is 0 Å². The molecule has 0 radical (unpaired) electrons. The molecule has 2 aliphatic heterocycles. The third-order valence-corrected chi connectivity index (χ3v) is 6.98. The molecule has 1 amide bonds. The lowest BCUT2D eigenvalue weighted by Gasteiger charge is -2.37. The van der Waals surface area contributed by atoms with Gasteiger partial charge < -0.3 is 14.2 Å². The van der Waals surface area contributed by atoms with Crippen molar-refractivity contribution in [3.63, 3.8) is 0 Å². The Balaban J connectivity index is 1.08. The van der Waals surface area contributed by atoms with Gasteiger partial charge >= 0.3 is 0 Å². The van der Waals surface area contributed by atoms with Gasteiger partial charge in [0.2, 0.25) is 5.91 Å². The van der Waals surface area contributed by atoms with E-state index in [2.05, 4.69) is 49.5 Å². The van der Waals surface area contributed by atoms with Crippen molar-refractivity contribution in [3.8, 4) is 0 Å². The fraction of sp³-hybridized carbons (Fsp3) is 0.478. The van der Waals surface area contributed by atoms with Crippen LogP contribution in [-0.2, 0) is 11.3 Å². The number of oxazole rings is 1. The molecule has 2 saturated heterocycles. The number of rotatable bonds is 5. The molecule has 8 heteroatoms. The number of aryl methyl sites for hydroxylation is 1. The average Bonchev–Trinajstić information content (AvgIpc) is 3.44. The summed E-state index contributed by atoms with van der Waals surface area (Å²) >= 11 is 1.74. The van der Waals surface area contributed by atoms with E-state index in [1.165, 1.54) is 11.1 Å². The van der Waals surface area contributed by atoms with Crippen molar-refractivity contribution in [2.75, 3.05) is 63.8 Å². The highest BCUT2D eigenvalue weighted by molar-refractivity contribution is 7.07. The molecule has 2 fully saturated rings. The first-order valence-electron chi connectivity index (χ1n) is 11.0. The maximum atomic E-state index is 12.8. The molecule has 0 spiro atoms. The maximum absolute atomic E-state index is 12.8. The number of hydrogen-bond acceptors (Lipinski definition) is 7. The molecule has 2 aromatic heterocycles. The van der Waals surface area contributed by atoms with Crippen molar-refractivity contribution in [1.29, 1.82) is 0 Å². The van der Waals surface area contributed by atoms with Crippen molar-refractivity contribution in [3.05, 3.63) is 46.2 Å². The molecule has 0 bridgehead atoms. The molecule has 7 nitrogen and oxygen atoms in total. The second-order valence-electron chi connectivity index (χ2n) is 8.52. The molecule has 0 atom stereocenters. The number of anilines is 1. The first-order chi connectivity index (χ1) is 15.1. The minimum atomic E-state index is 0.251. The fourth-order valence-electron chi connectivity index (χ4n) is 4.35. The standard InChI is InChI=1S/C23H29N5O2S/c1-18-2-3-21-20(14-18)24-23(30-21)28-11-7-26(8-12-28)16-22(29)27-9-5-25(6-10-27)15-19-4-13-31-17-19/h2-4,13-14,17H,5-12,15-16H2,1H3. The molecule has 5 rings (SSSR count). The number of thiophene rings is 1. The van der Waals surface area contributed by atoms with Crippen molar-refractivity contribution in [2.45, 2.75) is 13.5 Å². The molecule has 1 aromatic carbocycles. The Kier molecular flexibility index (Phi) is 5.93. The molecule has 0 saturated carbocycles. The number of carbonyl (C=O) groups excluding carboxylic acids is 1. The zero-order valence-corrected chi connectivity index (χ0v) is 18.8. The van der Waals surface area contributed by atoms with Crippen LogP contribution < -0.4 is 4.90 Å². The minimum Gasteiger partial charge on any atom is -0.423 e. The number of aromatic nitrogens is 1. The predicted octanol–water partition coefficient (Wildman–Crippen LogP) is 2.66. The van der Waals surface area contributed by atoms with E-state index in [-0.39, 0.29) is 5.91 Å². The van der Waals surface area contributed by atoms with Crippen LogP contribution in [0, 0.1) is 6.92 Å². The predicted molar refractivity (Wildman–Crippen MR) is 124 cm³/mol. The summed E-state index contributed by atoms with van der Waals surface area (Å²) in [6.45, 7) is 10.5. The minimum absolute atomic E-state index is 0.251. The monoisotopic (exact) mass is 439 g/mol. The number of fused-ring (bicyclic) bond motifs is 1. The van der Waals surface area contributed by atoms with E-state index in [4.69, 9.17) is 4.42 Å². The van der Waals surface area contributed by atoms with Crippen molar-refractivity contribution in [1.82, 2.24) is 19.7 Å². The van der Waals surface area contributed by atoms with E-state index in [0.717, 1.165) is 70.0 Å². The normalized spacial score (nSPS) is 18.7. The SMILES string of the molecule is Cc1ccc2oc(N3CCN(CC(=O)N4CCN(Cc5ccsc5)CC4)CC3)nc2c1. The molecular formula is C23H29N5O2S. The first-order valence-corrected chi connectivity index (χ1v) is 11.9. The van der Waals surface area contributed by atoms with Gasteiger partial charge in [-0.15, -0.1) is 0 Å². The van der Waals surface area contributed by atoms with Crippen molar-refractivity contribution >= 4 is 34.4 Å². The van der Waals surface area contributed by atoms with Gasteiger partial charge in [-0.2, -0.15) is 16.3 Å². The number of piperazine rings is 2. The number of hydrogen-bond donors (Lipinski definition) is 0. The highest BCUT2D eigenvalue weighted by Crippen LogP contribution is 2.23. The van der Waals surface area contributed by atoms with Crippen LogP contribution in [0.2, 0.25) is 0 Å². The van der Waals surface area contributed by atoms with E-state index >= 15 is 0 Å². The summed E-state index contributed by atoms with van der Waals surface area (Å²) in [5, 5.41) is 4.33. The molecule has 164 valence electrons. The van der Waals surface area contributed by atoms with E-state index in [1.807, 2.05) is 17.0 Å². The lowest BCUT2D eigenvalue weighted by molar-refractivity contribution is -0.134. The van der Waals surface area contributed by atoms with Crippen LogP contribution in [-0.4, -0.2) is 84.5 Å². The van der Waals surface area contributed by atoms with Crippen LogP contribution in [0.4, 0.5) is 6.01 Å². The van der Waals surface area contributed by atoms with Gasteiger partial charge in [-0.3, -0.25) is 14.6 Å². The van der Waals surface area contributed by atoms with E-state index in [0.29, 0.717) is 12.6 Å². The Morgan fingerprint density at radius 2 is 1.81 bits per heavy atom. The molecule has 31 heavy (non-hydrogen) atoms. The average molecular weight is 440 g/mol. The molecule has 3 aromatic rings. The third kappa shape index (κ3) is 4.76. The maximum Gasteiger partial charge on any atom is 0.298 e. The second kappa shape index (κ2) is 8.98. The Labute approximate surface area is 186 Å². The highest BCUT2D eigenvalue weighted by Gasteiger charge is 2.26. The topological polar surface area (TPSA) is 56.1 Å². The van der Waals surface area contributed by atoms with Crippen LogP contribution >= 0.6 is 11.3 Å². The van der Waals surface area contributed by atoms with Gasteiger partial charge in [0, 0.05) is 58.9 Å². The summed E-state index contributed by atoms with van der Waals surface area (Å²) in [5.74, 6) is 0.251. The summed E-state index contributed by atoms with van der Waals surface area (Å²) in [6.07, 6.45) is 0. The Hall–Kier alpha value is -2.42. The van der Waals surface area contributed by atoms with Crippen LogP contribution in [0.1, 0.15) is 11.1 Å². The first kappa shape index (κ1) is 20.5. The quantitative estimate of drug-likeness (QED) is 0.609. The largest absolute Gasteiger partial charge is 0.423 e. The van der Waals surface area contributed by atoms with Crippen LogP contribution in [0.5, 0.6) is 0 Å². The molecule has 2 aliphatic rings. The molecular weight excluding hydrogens is 410 g/mol. The van der Waals surface area contributed by atoms with Crippen LogP contribution in [0.25, 0.3) is 11.1 Å². The van der Waals surface area contributed by atoms with Gasteiger partial charge in [0.25, 0.3) is 6.01 Å². The van der Waals surface area contributed by atoms with E-state index in [9.17, 15) is 4.79 Å². The number of benzene rings is 1. The highest BCUT2D eigenvalue weighted by atomic mass is 32.1. The summed E-state index contributed by atoms with van der Waals surface area (Å²) in [7, 11) is 0. The van der Waals surface area contributed by atoms with Gasteiger partial charge in [0.15, 0.2) is 5.58 Å². The number of nitrogens with zero attached hydrogens (tertiary/aromatic N) is 5. The van der Waals surface area contributed by atoms with Crippen LogP contribution in [0.3, 0.4) is 0 Å². The van der Waals surface area contributed by atoms with Gasteiger partial charge in [-0.25, -0.2) is 0 Å². The second-order valence-corrected chi connectivity index (χ2v) is 9.30. The molecule has 4 heterocycles. The van der Waals surface area contributed by atoms with Crippen molar-refractivity contribution in [2.24, 2.45) is 0 Å². The third-order valence-electron chi connectivity index (χ3n) is 6.24. The van der Waals surface area contributed by atoms with E-state index in [1.54, 1.807) is 11.3 Å². The van der Waals surface area contributed by atoms with Crippen LogP contribution in [0.15, 0.2) is 39.4 Å². The Morgan fingerprint density at radius 1 is 1.03 bits per heavy atom. The number of carbonyl (C=O) groups is 1. The lowest BCUT2D eigenvalue weighted by Crippen LogP contribution is -2.53. The van der Waals surface area contributed by atoms with Gasteiger partial charge in [0.1, 0.15) is 5.52 Å². The smallest absolute Gasteiger partial charge is 0.298 e. The summed E-state index contributed by atoms with van der Waals surface area (Å²) in [4.78, 5) is 26.4. The van der Waals surface area contributed by atoms with Gasteiger partial charge in [-0.1, -0.05) is 6.07 Å². The molecule has 0 aliphatic carbocycles. The van der Waals surface area contributed by atoms with Gasteiger partial charge in [-0.05, 0) is 47.0 Å². The zero-order chi connectivity index (χ0) is 21.2. The Morgan fingerprint density at radius 3 is 2.55 bits per heavy atom.